The van der Waals surface area contributed by atoms with Crippen molar-refractivity contribution in [3.05, 3.63) is 35.9 Å². The summed E-state index contributed by atoms with van der Waals surface area (Å²) in [5.74, 6) is 1.39. The summed E-state index contributed by atoms with van der Waals surface area (Å²) in [6.45, 7) is 2.34. The van der Waals surface area contributed by atoms with E-state index in [0.29, 0.717) is 17.9 Å². The van der Waals surface area contributed by atoms with Gasteiger partial charge in [0.05, 0.1) is 5.56 Å². The van der Waals surface area contributed by atoms with Gasteiger partial charge in [0.1, 0.15) is 0 Å². The highest BCUT2D eigenvalue weighted by molar-refractivity contribution is 5.89. The second-order valence-electron chi connectivity index (χ2n) is 10.4. The number of carbonyl (C=O) groups is 1. The van der Waals surface area contributed by atoms with E-state index in [9.17, 15) is 9.90 Å². The highest BCUT2D eigenvalue weighted by atomic mass is 16.7. The van der Waals surface area contributed by atoms with Crippen molar-refractivity contribution in [2.45, 2.75) is 76.9 Å². The van der Waals surface area contributed by atoms with E-state index in [2.05, 4.69) is 6.92 Å². The highest BCUT2D eigenvalue weighted by Crippen LogP contribution is 2.65. The predicted molar refractivity (Wildman–Crippen MR) is 109 cm³/mol. The van der Waals surface area contributed by atoms with Crippen LogP contribution in [0.1, 0.15) is 81.5 Å². The molecule has 0 saturated heterocycles. The van der Waals surface area contributed by atoms with Gasteiger partial charge in [0.2, 0.25) is 5.79 Å². The number of hydrogen-bond acceptors (Lipinski definition) is 3. The zero-order valence-corrected chi connectivity index (χ0v) is 17.1. The molecule has 0 radical (unpaired) electrons. The first-order valence-corrected chi connectivity index (χ1v) is 11.5. The molecule has 5 rings (SSSR count). The molecule has 2 unspecified atom stereocenters. The summed E-state index contributed by atoms with van der Waals surface area (Å²) < 4.78 is 5.92. The molecule has 0 aromatic heterocycles. The maximum Gasteiger partial charge on any atom is 0.340 e. The van der Waals surface area contributed by atoms with Crippen molar-refractivity contribution in [1.82, 2.24) is 0 Å². The minimum absolute atomic E-state index is 0.0919. The molecule has 4 fully saturated rings. The lowest BCUT2D eigenvalue weighted by Crippen LogP contribution is -2.54. The van der Waals surface area contributed by atoms with Gasteiger partial charge in [-0.25, -0.2) is 4.79 Å². The number of esters is 1. The van der Waals surface area contributed by atoms with Crippen molar-refractivity contribution in [2.75, 3.05) is 0 Å². The lowest BCUT2D eigenvalue weighted by atomic mass is 9.50. The standard InChI is InChI=1S/C25H34O3/c1-24-14-13-20-19-10-6-5-7-17(19)11-12-21(20)22(24)25(27,16-15-24)28-23(26)18-8-3-2-4-9-18/h2-4,8-9,17,19-22,27H,5-7,10-16H2,1H3/t17?,19-,20+,21+,22-,24+,25?/m0/s1. The van der Waals surface area contributed by atoms with Gasteiger partial charge in [0.25, 0.3) is 0 Å². The van der Waals surface area contributed by atoms with Crippen LogP contribution in [0.5, 0.6) is 0 Å². The fourth-order valence-electron chi connectivity index (χ4n) is 7.80. The van der Waals surface area contributed by atoms with Gasteiger partial charge in [-0.3, -0.25) is 0 Å². The van der Waals surface area contributed by atoms with Gasteiger partial charge in [-0.1, -0.05) is 44.4 Å². The van der Waals surface area contributed by atoms with Crippen molar-refractivity contribution in [1.29, 1.82) is 0 Å². The van der Waals surface area contributed by atoms with Gasteiger partial charge in [0, 0.05) is 12.3 Å². The van der Waals surface area contributed by atoms with E-state index in [1.165, 1.54) is 51.4 Å². The fourth-order valence-corrected chi connectivity index (χ4v) is 7.80. The molecular weight excluding hydrogens is 348 g/mol. The number of aliphatic hydroxyl groups is 1. The van der Waals surface area contributed by atoms with Crippen molar-refractivity contribution >= 4 is 5.97 Å². The molecular formula is C25H34O3. The molecule has 28 heavy (non-hydrogen) atoms. The van der Waals surface area contributed by atoms with E-state index < -0.39 is 5.79 Å². The summed E-state index contributed by atoms with van der Waals surface area (Å²) in [5.41, 5.74) is 0.641. The van der Waals surface area contributed by atoms with Crippen LogP contribution in [0, 0.1) is 35.0 Å². The van der Waals surface area contributed by atoms with E-state index in [1.54, 1.807) is 12.1 Å². The Labute approximate surface area is 168 Å². The predicted octanol–water partition coefficient (Wildman–Crippen LogP) is 5.57. The quantitative estimate of drug-likeness (QED) is 0.537. The summed E-state index contributed by atoms with van der Waals surface area (Å²) >= 11 is 0. The second kappa shape index (κ2) is 6.86. The second-order valence-corrected chi connectivity index (χ2v) is 10.4. The zero-order chi connectivity index (χ0) is 19.4. The lowest BCUT2D eigenvalue weighted by Gasteiger charge is -2.56. The van der Waals surface area contributed by atoms with Gasteiger partial charge in [-0.05, 0) is 79.7 Å². The van der Waals surface area contributed by atoms with Crippen molar-refractivity contribution in [3.63, 3.8) is 0 Å². The molecule has 1 N–H and O–H groups in total. The first-order valence-electron chi connectivity index (χ1n) is 11.5. The molecule has 152 valence electrons. The monoisotopic (exact) mass is 382 g/mol. The summed E-state index contributed by atoms with van der Waals surface area (Å²) in [4.78, 5) is 12.8. The third-order valence-corrected chi connectivity index (χ3v) is 8.99. The van der Waals surface area contributed by atoms with Gasteiger partial charge in [-0.15, -0.1) is 0 Å². The summed E-state index contributed by atoms with van der Waals surface area (Å²) in [5, 5.41) is 11.7. The first-order chi connectivity index (χ1) is 13.5. The molecule has 4 aliphatic carbocycles. The van der Waals surface area contributed by atoms with Crippen LogP contribution in [0.2, 0.25) is 0 Å². The van der Waals surface area contributed by atoms with E-state index in [1.807, 2.05) is 18.2 Å². The van der Waals surface area contributed by atoms with Gasteiger partial charge in [-0.2, -0.15) is 0 Å². The van der Waals surface area contributed by atoms with Gasteiger partial charge in [0.15, 0.2) is 0 Å². The molecule has 1 aromatic rings. The van der Waals surface area contributed by atoms with Crippen LogP contribution in [0.25, 0.3) is 0 Å². The van der Waals surface area contributed by atoms with Gasteiger partial charge >= 0.3 is 5.97 Å². The Hall–Kier alpha value is -1.35. The Morgan fingerprint density at radius 2 is 1.71 bits per heavy atom. The van der Waals surface area contributed by atoms with Crippen LogP contribution >= 0.6 is 0 Å². The number of ether oxygens (including phenoxy) is 1. The molecule has 0 aliphatic heterocycles. The van der Waals surface area contributed by atoms with Crippen molar-refractivity contribution in [2.24, 2.45) is 35.0 Å². The van der Waals surface area contributed by atoms with Crippen molar-refractivity contribution in [3.8, 4) is 0 Å². The molecule has 7 atom stereocenters. The lowest BCUT2D eigenvalue weighted by molar-refractivity contribution is -0.232. The van der Waals surface area contributed by atoms with Crippen LogP contribution in [0.3, 0.4) is 0 Å². The van der Waals surface area contributed by atoms with E-state index >= 15 is 0 Å². The average molecular weight is 383 g/mol. The van der Waals surface area contributed by atoms with Gasteiger partial charge < -0.3 is 9.84 Å². The van der Waals surface area contributed by atoms with Crippen LogP contribution in [-0.2, 0) is 4.74 Å². The number of hydrogen-bond donors (Lipinski definition) is 1. The molecule has 3 heteroatoms. The Bertz CT molecular complexity index is 731. The summed E-state index contributed by atoms with van der Waals surface area (Å²) in [7, 11) is 0. The molecule has 4 aliphatic rings. The van der Waals surface area contributed by atoms with Crippen LogP contribution in [-0.4, -0.2) is 16.9 Å². The minimum atomic E-state index is -1.30. The maximum atomic E-state index is 12.8. The number of benzene rings is 1. The maximum absolute atomic E-state index is 12.8. The SMILES string of the molecule is C[C@]12CC[C@H]3[C@@H](CCC4CCCC[C@@H]43)[C@@H]1C(O)(OC(=O)c1ccccc1)CC2. The first kappa shape index (κ1) is 18.7. The normalized spacial score (nSPS) is 44.9. The number of rotatable bonds is 2. The average Bonchev–Trinajstić information content (AvgIpc) is 2.99. The Morgan fingerprint density at radius 3 is 2.54 bits per heavy atom. The topological polar surface area (TPSA) is 46.5 Å². The molecule has 1 aromatic carbocycles. The molecule has 0 spiro atoms. The Kier molecular flexibility index (Phi) is 4.58. The minimum Gasteiger partial charge on any atom is -0.429 e. The Balaban J connectivity index is 1.42. The van der Waals surface area contributed by atoms with E-state index in [-0.39, 0.29) is 17.3 Å². The summed E-state index contributed by atoms with van der Waals surface area (Å²) in [6, 6.07) is 9.14. The van der Waals surface area contributed by atoms with Crippen LogP contribution < -0.4 is 0 Å². The largest absolute Gasteiger partial charge is 0.429 e. The Morgan fingerprint density at radius 1 is 0.929 bits per heavy atom. The molecule has 0 heterocycles. The van der Waals surface area contributed by atoms with E-state index in [4.69, 9.17) is 4.74 Å². The molecule has 0 bridgehead atoms. The summed E-state index contributed by atoms with van der Waals surface area (Å²) in [6.07, 6.45) is 12.1. The highest BCUT2D eigenvalue weighted by Gasteiger charge is 2.63. The number of carbonyl (C=O) groups excluding carboxylic acids is 1. The zero-order valence-electron chi connectivity index (χ0n) is 17.1. The molecule has 3 nitrogen and oxygen atoms in total. The molecule has 0 amide bonds. The van der Waals surface area contributed by atoms with Crippen molar-refractivity contribution < 1.29 is 14.6 Å². The van der Waals surface area contributed by atoms with Crippen LogP contribution in [0.15, 0.2) is 30.3 Å². The number of fused-ring (bicyclic) bond motifs is 5. The van der Waals surface area contributed by atoms with Crippen LogP contribution in [0.4, 0.5) is 0 Å². The smallest absolute Gasteiger partial charge is 0.340 e. The van der Waals surface area contributed by atoms with E-state index in [0.717, 1.165) is 24.2 Å². The molecule has 4 saturated carbocycles. The third kappa shape index (κ3) is 2.93. The fraction of sp³-hybridized carbons (Fsp3) is 0.720. The third-order valence-electron chi connectivity index (χ3n) is 8.99.